The fraction of sp³-hybridized carbons (Fsp3) is 0.0182. The fourth-order valence-electron chi connectivity index (χ4n) is 9.81. The highest BCUT2D eigenvalue weighted by atomic mass is 16.3. The van der Waals surface area contributed by atoms with Crippen LogP contribution in [0, 0.1) is 0 Å². The molecular weight excluding hydrogens is 705 g/mol. The van der Waals surface area contributed by atoms with Gasteiger partial charge in [-0.05, 0) is 99.1 Å². The van der Waals surface area contributed by atoms with Crippen LogP contribution in [0.1, 0.15) is 22.3 Å². The molecular formula is C55H36N2O. The van der Waals surface area contributed by atoms with Gasteiger partial charge in [-0.15, -0.1) is 0 Å². The molecule has 3 nitrogen and oxygen atoms in total. The Bertz CT molecular complexity index is 3140. The predicted molar refractivity (Wildman–Crippen MR) is 239 cm³/mol. The van der Waals surface area contributed by atoms with Crippen LogP contribution in [0.3, 0.4) is 0 Å². The highest BCUT2D eigenvalue weighted by Gasteiger charge is 2.52. The number of hydrogen-bond donors (Lipinski definition) is 0. The Hall–Kier alpha value is -7.62. The molecule has 1 spiro atoms. The molecule has 3 heterocycles. The highest BCUT2D eigenvalue weighted by Crippen LogP contribution is 2.64. The van der Waals surface area contributed by atoms with Crippen LogP contribution in [0.4, 0.5) is 34.1 Å². The number of furan rings is 1. The van der Waals surface area contributed by atoms with Crippen LogP contribution in [-0.2, 0) is 5.41 Å². The summed E-state index contributed by atoms with van der Waals surface area (Å²) in [6, 6.07) is 79.4. The highest BCUT2D eigenvalue weighted by molar-refractivity contribution is 6.11. The number of benzene rings is 9. The van der Waals surface area contributed by atoms with Gasteiger partial charge >= 0.3 is 0 Å². The van der Waals surface area contributed by atoms with Crippen LogP contribution in [0.5, 0.6) is 0 Å². The molecule has 0 radical (unpaired) electrons. The zero-order valence-electron chi connectivity index (χ0n) is 31.6. The van der Waals surface area contributed by atoms with Gasteiger partial charge in [0.05, 0.1) is 33.9 Å². The number of rotatable bonds is 4. The minimum Gasteiger partial charge on any atom is -0.454 e. The summed E-state index contributed by atoms with van der Waals surface area (Å²) in [7, 11) is 0. The van der Waals surface area contributed by atoms with Crippen LogP contribution < -0.4 is 9.80 Å². The number of fused-ring (bicyclic) bond motifs is 11. The average molecular weight is 741 g/mol. The Balaban J connectivity index is 1.16. The van der Waals surface area contributed by atoms with Crippen molar-refractivity contribution in [1.29, 1.82) is 0 Å². The van der Waals surface area contributed by atoms with Crippen molar-refractivity contribution in [3.05, 3.63) is 241 Å². The van der Waals surface area contributed by atoms with Gasteiger partial charge in [-0.25, -0.2) is 0 Å². The largest absolute Gasteiger partial charge is 0.454 e. The number of nitrogens with zero attached hydrogens (tertiary/aromatic N) is 2. The van der Waals surface area contributed by atoms with Crippen LogP contribution in [0.25, 0.3) is 44.2 Å². The second-order valence-corrected chi connectivity index (χ2v) is 15.2. The van der Waals surface area contributed by atoms with Gasteiger partial charge in [0, 0.05) is 16.5 Å². The molecule has 272 valence electrons. The Morgan fingerprint density at radius 3 is 1.43 bits per heavy atom. The van der Waals surface area contributed by atoms with Crippen molar-refractivity contribution in [1.82, 2.24) is 0 Å². The molecule has 0 aliphatic carbocycles. The summed E-state index contributed by atoms with van der Waals surface area (Å²) < 4.78 is 6.73. The van der Waals surface area contributed by atoms with Crippen molar-refractivity contribution in [2.75, 3.05) is 9.80 Å². The van der Waals surface area contributed by atoms with Gasteiger partial charge < -0.3 is 14.2 Å². The molecule has 0 fully saturated rings. The van der Waals surface area contributed by atoms with Gasteiger partial charge in [0.25, 0.3) is 0 Å². The lowest BCUT2D eigenvalue weighted by molar-refractivity contribution is 0.668. The van der Waals surface area contributed by atoms with E-state index in [0.717, 1.165) is 56.1 Å². The molecule has 0 bridgehead atoms. The molecule has 2 aliphatic rings. The third-order valence-electron chi connectivity index (χ3n) is 12.3. The fourth-order valence-corrected chi connectivity index (χ4v) is 9.81. The first-order valence-electron chi connectivity index (χ1n) is 19.9. The second kappa shape index (κ2) is 12.7. The van der Waals surface area contributed by atoms with E-state index >= 15 is 0 Å². The maximum absolute atomic E-state index is 6.73. The van der Waals surface area contributed by atoms with Crippen LogP contribution in [-0.4, -0.2) is 0 Å². The summed E-state index contributed by atoms with van der Waals surface area (Å²) in [6.45, 7) is 0. The monoisotopic (exact) mass is 740 g/mol. The summed E-state index contributed by atoms with van der Waals surface area (Å²) >= 11 is 0. The normalized spacial score (nSPS) is 13.6. The van der Waals surface area contributed by atoms with Crippen molar-refractivity contribution in [3.8, 4) is 22.3 Å². The molecule has 3 heteroatoms. The number of anilines is 6. The summed E-state index contributed by atoms with van der Waals surface area (Å²) in [6.07, 6.45) is 0. The van der Waals surface area contributed by atoms with E-state index in [1.165, 1.54) is 44.5 Å². The van der Waals surface area contributed by atoms with E-state index in [-0.39, 0.29) is 0 Å². The standard InChI is InChI=1S/C55H36N2O/c1-3-16-37(17-4-1)39-30-33-41(34-31-39)56-48-25-11-8-22-44(48)55(47-36-40(32-35-51(47)56)38-18-5-2-6-19-38)45-23-9-12-26-49(45)57(50-27-13-10-24-46(50)55)52-28-15-21-43-42-20-7-14-29-53(42)58-54(43)52/h1-36H. The number of hydrogen-bond acceptors (Lipinski definition) is 3. The van der Waals surface area contributed by atoms with Crippen molar-refractivity contribution >= 4 is 56.1 Å². The van der Waals surface area contributed by atoms with E-state index in [1.54, 1.807) is 0 Å². The molecule has 10 aromatic rings. The second-order valence-electron chi connectivity index (χ2n) is 15.2. The Labute approximate surface area is 337 Å². The lowest BCUT2D eigenvalue weighted by Gasteiger charge is -2.51. The van der Waals surface area contributed by atoms with Gasteiger partial charge in [0.1, 0.15) is 5.58 Å². The van der Waals surface area contributed by atoms with Gasteiger partial charge in [-0.1, -0.05) is 164 Å². The maximum atomic E-state index is 6.73. The SMILES string of the molecule is c1ccc(-c2ccc(N3c4ccccc4C4(c5cc(-c6ccccc6)ccc53)c3ccccc3N(c3cccc5c3oc3ccccc35)c3ccccc34)cc2)cc1. The molecule has 12 rings (SSSR count). The molecule has 58 heavy (non-hydrogen) atoms. The van der Waals surface area contributed by atoms with Crippen molar-refractivity contribution in [3.63, 3.8) is 0 Å². The van der Waals surface area contributed by atoms with E-state index in [9.17, 15) is 0 Å². The first-order chi connectivity index (χ1) is 28.8. The molecule has 0 N–H and O–H groups in total. The Morgan fingerprint density at radius 1 is 0.310 bits per heavy atom. The lowest BCUT2D eigenvalue weighted by atomic mass is 9.60. The van der Waals surface area contributed by atoms with E-state index in [1.807, 2.05) is 6.07 Å². The average Bonchev–Trinajstić information content (AvgIpc) is 3.69. The van der Waals surface area contributed by atoms with Crippen LogP contribution in [0.15, 0.2) is 223 Å². The summed E-state index contributed by atoms with van der Waals surface area (Å²) in [5, 5.41) is 2.23. The molecule has 0 saturated heterocycles. The first-order valence-corrected chi connectivity index (χ1v) is 19.9. The molecule has 0 amide bonds. The van der Waals surface area contributed by atoms with Crippen molar-refractivity contribution in [2.24, 2.45) is 0 Å². The number of para-hydroxylation sites is 5. The summed E-state index contributed by atoms with van der Waals surface area (Å²) in [5.74, 6) is 0. The van der Waals surface area contributed by atoms with E-state index < -0.39 is 5.41 Å². The molecule has 0 unspecified atom stereocenters. The van der Waals surface area contributed by atoms with Gasteiger partial charge in [0.2, 0.25) is 0 Å². The third kappa shape index (κ3) is 4.62. The molecule has 0 saturated carbocycles. The van der Waals surface area contributed by atoms with Crippen molar-refractivity contribution in [2.45, 2.75) is 5.41 Å². The van der Waals surface area contributed by atoms with E-state index in [2.05, 4.69) is 222 Å². The first kappa shape index (κ1) is 32.6. The van der Waals surface area contributed by atoms with Gasteiger partial charge in [-0.2, -0.15) is 0 Å². The van der Waals surface area contributed by atoms with Gasteiger partial charge in [0.15, 0.2) is 5.58 Å². The lowest BCUT2D eigenvalue weighted by Crippen LogP contribution is -2.42. The van der Waals surface area contributed by atoms with Gasteiger partial charge in [-0.3, -0.25) is 0 Å². The zero-order valence-corrected chi connectivity index (χ0v) is 31.6. The minimum absolute atomic E-state index is 0.664. The topological polar surface area (TPSA) is 19.6 Å². The van der Waals surface area contributed by atoms with E-state index in [0.29, 0.717) is 0 Å². The van der Waals surface area contributed by atoms with Crippen molar-refractivity contribution < 1.29 is 4.42 Å². The smallest absolute Gasteiger partial charge is 0.159 e. The minimum atomic E-state index is -0.664. The molecule has 9 aromatic carbocycles. The predicted octanol–water partition coefficient (Wildman–Crippen LogP) is 14.9. The zero-order chi connectivity index (χ0) is 38.2. The van der Waals surface area contributed by atoms with Crippen LogP contribution in [0.2, 0.25) is 0 Å². The quantitative estimate of drug-likeness (QED) is 0.179. The van der Waals surface area contributed by atoms with Crippen LogP contribution >= 0.6 is 0 Å². The maximum Gasteiger partial charge on any atom is 0.159 e. The summed E-state index contributed by atoms with van der Waals surface area (Å²) in [4.78, 5) is 4.89. The molecule has 1 aromatic heterocycles. The van der Waals surface area contributed by atoms with E-state index in [4.69, 9.17) is 4.42 Å². The summed E-state index contributed by atoms with van der Waals surface area (Å²) in [5.41, 5.74) is 17.5. The Kier molecular flexibility index (Phi) is 7.14. The molecule has 0 atom stereocenters. The third-order valence-corrected chi connectivity index (χ3v) is 12.3. The Morgan fingerprint density at radius 2 is 0.776 bits per heavy atom. The molecule has 2 aliphatic heterocycles.